The molecule has 0 radical (unpaired) electrons. The molecule has 1 heterocycles. The minimum atomic E-state index is -1.34. The average Bonchev–Trinajstić information content (AvgIpc) is 1.90. The van der Waals surface area contributed by atoms with Crippen LogP contribution in [-0.2, 0) is 0 Å². The van der Waals surface area contributed by atoms with Crippen molar-refractivity contribution in [3.8, 4) is 0 Å². The first kappa shape index (κ1) is 9.08. The quantitative estimate of drug-likeness (QED) is 0.357. The van der Waals surface area contributed by atoms with Gasteiger partial charge >= 0.3 is 18.9 Å². The molecule has 0 aliphatic carbocycles. The standard InChI is InChI=1S/C4H3N3O2.Li/c8-4(9)3-1-2-5-7-6-3;/h1-2H,(H,8,9);/q;+1/p-1. The number of carboxylic acids is 1. The number of nitrogens with zero attached hydrogens (tertiary/aromatic N) is 3. The summed E-state index contributed by atoms with van der Waals surface area (Å²) in [7, 11) is 0. The Kier molecular flexibility index (Phi) is 3.62. The maximum Gasteiger partial charge on any atom is 1.00 e. The van der Waals surface area contributed by atoms with Crippen molar-refractivity contribution in [1.82, 2.24) is 15.4 Å². The fourth-order valence-corrected chi connectivity index (χ4v) is 0.350. The zero-order valence-electron chi connectivity index (χ0n) is 5.31. The van der Waals surface area contributed by atoms with Gasteiger partial charge in [-0.2, -0.15) is 0 Å². The van der Waals surface area contributed by atoms with Crippen molar-refractivity contribution in [2.75, 3.05) is 0 Å². The maximum atomic E-state index is 9.96. The van der Waals surface area contributed by atoms with E-state index in [1.807, 2.05) is 0 Å². The van der Waals surface area contributed by atoms with Gasteiger partial charge in [-0.3, -0.25) is 0 Å². The van der Waals surface area contributed by atoms with Gasteiger partial charge in [0, 0.05) is 0 Å². The number of aromatic nitrogens is 3. The van der Waals surface area contributed by atoms with E-state index in [2.05, 4.69) is 15.4 Å². The van der Waals surface area contributed by atoms with Gasteiger partial charge < -0.3 is 9.90 Å². The molecule has 0 bridgehead atoms. The molecule has 0 fully saturated rings. The number of hydrogen-bond donors (Lipinski definition) is 0. The number of aromatic carboxylic acids is 1. The molecular formula is C4H2LiN3O2. The summed E-state index contributed by atoms with van der Waals surface area (Å²) in [6, 6.07) is 1.21. The summed E-state index contributed by atoms with van der Waals surface area (Å²) in [6.07, 6.45) is 1.23. The Balaban J connectivity index is 0.000000810. The van der Waals surface area contributed by atoms with Crippen LogP contribution < -0.4 is 24.0 Å². The second-order valence-electron chi connectivity index (χ2n) is 1.29. The third kappa shape index (κ3) is 2.13. The van der Waals surface area contributed by atoms with Crippen LogP contribution in [0.2, 0.25) is 0 Å². The van der Waals surface area contributed by atoms with Crippen LogP contribution in [-0.4, -0.2) is 21.4 Å². The smallest absolute Gasteiger partial charge is 0.543 e. The van der Waals surface area contributed by atoms with Crippen LogP contribution in [0.25, 0.3) is 0 Å². The van der Waals surface area contributed by atoms with E-state index in [-0.39, 0.29) is 24.6 Å². The van der Waals surface area contributed by atoms with Gasteiger partial charge in [-0.15, -0.1) is 10.2 Å². The number of carbonyl (C=O) groups excluding carboxylic acids is 1. The van der Waals surface area contributed by atoms with Gasteiger partial charge in [0.05, 0.1) is 12.2 Å². The molecule has 1 rings (SSSR count). The molecule has 0 aromatic carbocycles. The van der Waals surface area contributed by atoms with Crippen LogP contribution in [0, 0.1) is 0 Å². The SMILES string of the molecule is O=C([O-])c1ccnnn1.[Li+]. The topological polar surface area (TPSA) is 78.8 Å². The summed E-state index contributed by atoms with van der Waals surface area (Å²) in [6.45, 7) is 0. The Morgan fingerprint density at radius 2 is 2.30 bits per heavy atom. The molecule has 0 spiro atoms. The van der Waals surface area contributed by atoms with Crippen LogP contribution in [0.15, 0.2) is 12.3 Å². The number of carboxylic acid groups (broad SMARTS) is 1. The first-order chi connectivity index (χ1) is 4.30. The number of carbonyl (C=O) groups is 1. The first-order valence-corrected chi connectivity index (χ1v) is 2.16. The van der Waals surface area contributed by atoms with Crippen molar-refractivity contribution in [1.29, 1.82) is 0 Å². The van der Waals surface area contributed by atoms with E-state index in [1.165, 1.54) is 12.3 Å². The van der Waals surface area contributed by atoms with E-state index in [9.17, 15) is 9.90 Å². The molecule has 1 aromatic rings. The molecule has 0 N–H and O–H groups in total. The van der Waals surface area contributed by atoms with Crippen LogP contribution in [0.1, 0.15) is 10.5 Å². The van der Waals surface area contributed by atoms with Gasteiger partial charge in [0.15, 0.2) is 0 Å². The fraction of sp³-hybridized carbons (Fsp3) is 0. The largest absolute Gasteiger partial charge is 1.00 e. The fourth-order valence-electron chi connectivity index (χ4n) is 0.350. The molecule has 0 saturated carbocycles. The average molecular weight is 131 g/mol. The minimum absolute atomic E-state index is 0. The zero-order chi connectivity index (χ0) is 6.69. The minimum Gasteiger partial charge on any atom is -0.543 e. The van der Waals surface area contributed by atoms with Gasteiger partial charge in [0.25, 0.3) is 0 Å². The van der Waals surface area contributed by atoms with Crippen LogP contribution in [0.3, 0.4) is 0 Å². The summed E-state index contributed by atoms with van der Waals surface area (Å²) < 4.78 is 0. The van der Waals surface area contributed by atoms with Crippen LogP contribution in [0.5, 0.6) is 0 Å². The molecule has 0 amide bonds. The molecule has 10 heavy (non-hydrogen) atoms. The van der Waals surface area contributed by atoms with E-state index in [0.29, 0.717) is 0 Å². The summed E-state index contributed by atoms with van der Waals surface area (Å²) in [5.41, 5.74) is -0.204. The molecule has 0 aliphatic rings. The van der Waals surface area contributed by atoms with Crippen molar-refractivity contribution in [2.24, 2.45) is 0 Å². The third-order valence-electron chi connectivity index (χ3n) is 0.712. The second-order valence-corrected chi connectivity index (χ2v) is 1.29. The van der Waals surface area contributed by atoms with Gasteiger partial charge in [-0.1, -0.05) is 0 Å². The monoisotopic (exact) mass is 131 g/mol. The van der Waals surface area contributed by atoms with E-state index in [4.69, 9.17) is 0 Å². The Labute approximate surface area is 68.6 Å². The van der Waals surface area contributed by atoms with Crippen molar-refractivity contribution in [2.45, 2.75) is 0 Å². The predicted molar refractivity (Wildman–Crippen MR) is 24.2 cm³/mol. The van der Waals surface area contributed by atoms with E-state index >= 15 is 0 Å². The van der Waals surface area contributed by atoms with Gasteiger partial charge in [0.1, 0.15) is 5.69 Å². The summed E-state index contributed by atoms with van der Waals surface area (Å²) in [5.74, 6) is -1.34. The molecule has 46 valence electrons. The van der Waals surface area contributed by atoms with Crippen molar-refractivity contribution in [3.63, 3.8) is 0 Å². The summed E-state index contributed by atoms with van der Waals surface area (Å²) in [5, 5.41) is 19.5. The summed E-state index contributed by atoms with van der Waals surface area (Å²) >= 11 is 0. The van der Waals surface area contributed by atoms with Gasteiger partial charge in [-0.25, -0.2) is 0 Å². The molecular weight excluding hydrogens is 129 g/mol. The van der Waals surface area contributed by atoms with Gasteiger partial charge in [0.2, 0.25) is 0 Å². The van der Waals surface area contributed by atoms with E-state index in [1.54, 1.807) is 0 Å². The second kappa shape index (κ2) is 3.98. The number of hydrogen-bond acceptors (Lipinski definition) is 5. The van der Waals surface area contributed by atoms with Gasteiger partial charge in [-0.05, 0) is 11.3 Å². The molecule has 0 atom stereocenters. The zero-order valence-corrected chi connectivity index (χ0v) is 5.31. The molecule has 6 heteroatoms. The Morgan fingerprint density at radius 3 is 2.60 bits per heavy atom. The molecule has 0 saturated heterocycles. The predicted octanol–water partition coefficient (Wildman–Crippen LogP) is -4.76. The first-order valence-electron chi connectivity index (χ1n) is 2.16. The molecule has 1 aromatic heterocycles. The van der Waals surface area contributed by atoms with E-state index < -0.39 is 5.97 Å². The van der Waals surface area contributed by atoms with Crippen molar-refractivity contribution < 1.29 is 28.8 Å². The Hall–Kier alpha value is -0.923. The van der Waals surface area contributed by atoms with Crippen LogP contribution >= 0.6 is 0 Å². The van der Waals surface area contributed by atoms with Crippen LogP contribution in [0.4, 0.5) is 0 Å². The van der Waals surface area contributed by atoms with Crippen molar-refractivity contribution in [3.05, 3.63) is 18.0 Å². The Bertz CT molecular complexity index is 215. The maximum absolute atomic E-state index is 9.96. The third-order valence-corrected chi connectivity index (χ3v) is 0.712. The van der Waals surface area contributed by atoms with E-state index in [0.717, 1.165) is 0 Å². The molecule has 0 unspecified atom stereocenters. The molecule has 0 aliphatic heterocycles. The Morgan fingerprint density at radius 1 is 1.60 bits per heavy atom. The van der Waals surface area contributed by atoms with Crippen molar-refractivity contribution >= 4 is 5.97 Å². The normalized spacial score (nSPS) is 8.00. The summed E-state index contributed by atoms with van der Waals surface area (Å²) in [4.78, 5) is 9.96. The number of rotatable bonds is 1. The molecule has 5 nitrogen and oxygen atoms in total.